The zero-order valence-electron chi connectivity index (χ0n) is 9.37. The third-order valence-electron chi connectivity index (χ3n) is 2.13. The zero-order valence-corrected chi connectivity index (χ0v) is 9.37. The van der Waals surface area contributed by atoms with Gasteiger partial charge in [0.25, 0.3) is 5.91 Å². The monoisotopic (exact) mass is 207 g/mol. The van der Waals surface area contributed by atoms with Crippen molar-refractivity contribution >= 4 is 5.91 Å². The van der Waals surface area contributed by atoms with E-state index in [4.69, 9.17) is 5.11 Å². The molecule has 0 bridgehead atoms. The summed E-state index contributed by atoms with van der Waals surface area (Å²) in [4.78, 5) is 11.7. The fourth-order valence-corrected chi connectivity index (χ4v) is 1.21. The van der Waals surface area contributed by atoms with Gasteiger partial charge in [0.15, 0.2) is 0 Å². The van der Waals surface area contributed by atoms with Crippen LogP contribution in [0.2, 0.25) is 0 Å². The molecular formula is C12H17NO2. The Morgan fingerprint density at radius 3 is 2.67 bits per heavy atom. The molecule has 0 fully saturated rings. The summed E-state index contributed by atoms with van der Waals surface area (Å²) in [6.07, 6.45) is 0. The lowest BCUT2D eigenvalue weighted by molar-refractivity contribution is 0.0869. The number of aryl methyl sites for hydroxylation is 1. The Morgan fingerprint density at radius 1 is 1.47 bits per heavy atom. The normalized spacial score (nSPS) is 11.2. The Morgan fingerprint density at radius 2 is 2.13 bits per heavy atom. The van der Waals surface area contributed by atoms with Gasteiger partial charge in [-0.15, -0.1) is 0 Å². The smallest absolute Gasteiger partial charge is 0.251 e. The Bertz CT molecular complexity index is 358. The predicted molar refractivity (Wildman–Crippen MR) is 59.8 cm³/mol. The third-order valence-corrected chi connectivity index (χ3v) is 2.13. The highest BCUT2D eigenvalue weighted by atomic mass is 16.3. The minimum atomic E-state index is -0.583. The molecule has 0 aromatic heterocycles. The summed E-state index contributed by atoms with van der Waals surface area (Å²) in [5.41, 5.74) is 1.09. The zero-order chi connectivity index (χ0) is 11.5. The topological polar surface area (TPSA) is 49.3 Å². The van der Waals surface area contributed by atoms with Crippen molar-refractivity contribution in [1.29, 1.82) is 0 Å². The SMILES string of the molecule is Cc1cccc(C(=O)NC(C)(C)CO)c1. The Balaban J connectivity index is 2.78. The van der Waals surface area contributed by atoms with Crippen LogP contribution in [-0.4, -0.2) is 23.2 Å². The number of aliphatic hydroxyl groups excluding tert-OH is 1. The molecule has 3 nitrogen and oxygen atoms in total. The summed E-state index contributed by atoms with van der Waals surface area (Å²) in [6, 6.07) is 7.36. The van der Waals surface area contributed by atoms with E-state index in [1.54, 1.807) is 19.9 Å². The molecule has 0 saturated heterocycles. The van der Waals surface area contributed by atoms with Gasteiger partial charge in [0.1, 0.15) is 0 Å². The van der Waals surface area contributed by atoms with Crippen molar-refractivity contribution in [2.45, 2.75) is 26.3 Å². The second kappa shape index (κ2) is 4.45. The summed E-state index contributed by atoms with van der Waals surface area (Å²) in [5, 5.41) is 11.8. The minimum Gasteiger partial charge on any atom is -0.394 e. The molecule has 1 aromatic rings. The van der Waals surface area contributed by atoms with Gasteiger partial charge < -0.3 is 10.4 Å². The first kappa shape index (κ1) is 11.7. The van der Waals surface area contributed by atoms with Crippen molar-refractivity contribution in [1.82, 2.24) is 5.32 Å². The largest absolute Gasteiger partial charge is 0.394 e. The van der Waals surface area contributed by atoms with Gasteiger partial charge >= 0.3 is 0 Å². The summed E-state index contributed by atoms with van der Waals surface area (Å²) in [6.45, 7) is 5.42. The van der Waals surface area contributed by atoms with Gasteiger partial charge in [0.2, 0.25) is 0 Å². The highest BCUT2D eigenvalue weighted by molar-refractivity contribution is 5.94. The molecule has 0 atom stereocenters. The average molecular weight is 207 g/mol. The molecular weight excluding hydrogens is 190 g/mol. The number of hydrogen-bond acceptors (Lipinski definition) is 2. The van der Waals surface area contributed by atoms with Crippen LogP contribution in [0.3, 0.4) is 0 Å². The van der Waals surface area contributed by atoms with Crippen molar-refractivity contribution in [2.75, 3.05) is 6.61 Å². The summed E-state index contributed by atoms with van der Waals surface area (Å²) in [7, 11) is 0. The summed E-state index contributed by atoms with van der Waals surface area (Å²) < 4.78 is 0. The molecule has 1 aromatic carbocycles. The van der Waals surface area contributed by atoms with Gasteiger partial charge in [-0.1, -0.05) is 17.7 Å². The first-order valence-electron chi connectivity index (χ1n) is 4.95. The minimum absolute atomic E-state index is 0.0788. The van der Waals surface area contributed by atoms with Crippen LogP contribution in [0, 0.1) is 6.92 Å². The summed E-state index contributed by atoms with van der Waals surface area (Å²) >= 11 is 0. The number of hydrogen-bond donors (Lipinski definition) is 2. The number of carbonyl (C=O) groups is 1. The van der Waals surface area contributed by atoms with E-state index in [1.165, 1.54) is 0 Å². The molecule has 0 radical (unpaired) electrons. The van der Waals surface area contributed by atoms with Crippen molar-refractivity contribution in [3.05, 3.63) is 35.4 Å². The molecule has 3 heteroatoms. The molecule has 0 unspecified atom stereocenters. The molecule has 1 amide bonds. The van der Waals surface area contributed by atoms with Crippen LogP contribution in [0.25, 0.3) is 0 Å². The van der Waals surface area contributed by atoms with Gasteiger partial charge in [-0.2, -0.15) is 0 Å². The Kier molecular flexibility index (Phi) is 3.48. The van der Waals surface area contributed by atoms with E-state index < -0.39 is 5.54 Å². The van der Waals surface area contributed by atoms with Crippen molar-refractivity contribution in [3.63, 3.8) is 0 Å². The molecule has 15 heavy (non-hydrogen) atoms. The van der Waals surface area contributed by atoms with Crippen LogP contribution in [0.5, 0.6) is 0 Å². The fourth-order valence-electron chi connectivity index (χ4n) is 1.21. The van der Waals surface area contributed by atoms with Crippen LogP contribution in [-0.2, 0) is 0 Å². The number of aliphatic hydroxyl groups is 1. The van der Waals surface area contributed by atoms with Crippen LogP contribution in [0.4, 0.5) is 0 Å². The third kappa shape index (κ3) is 3.36. The van der Waals surface area contributed by atoms with Crippen molar-refractivity contribution in [3.8, 4) is 0 Å². The van der Waals surface area contributed by atoms with Gasteiger partial charge in [0, 0.05) is 5.56 Å². The van der Waals surface area contributed by atoms with E-state index in [-0.39, 0.29) is 12.5 Å². The van der Waals surface area contributed by atoms with E-state index in [0.29, 0.717) is 5.56 Å². The maximum atomic E-state index is 11.7. The lowest BCUT2D eigenvalue weighted by Gasteiger charge is -2.23. The van der Waals surface area contributed by atoms with Gasteiger partial charge in [-0.3, -0.25) is 4.79 Å². The van der Waals surface area contributed by atoms with Crippen molar-refractivity contribution < 1.29 is 9.90 Å². The maximum absolute atomic E-state index is 11.7. The molecule has 1 rings (SSSR count). The number of nitrogens with one attached hydrogen (secondary N) is 1. The molecule has 0 heterocycles. The Hall–Kier alpha value is -1.35. The van der Waals surface area contributed by atoms with Gasteiger partial charge in [-0.05, 0) is 32.9 Å². The quantitative estimate of drug-likeness (QED) is 0.789. The van der Waals surface area contributed by atoms with Gasteiger partial charge in [-0.25, -0.2) is 0 Å². The second-order valence-electron chi connectivity index (χ2n) is 4.37. The molecule has 0 spiro atoms. The summed E-state index contributed by atoms with van der Waals surface area (Å²) in [5.74, 6) is -0.155. The highest BCUT2D eigenvalue weighted by Crippen LogP contribution is 2.07. The predicted octanol–water partition coefficient (Wildman–Crippen LogP) is 1.50. The van der Waals surface area contributed by atoms with E-state index in [0.717, 1.165) is 5.56 Å². The average Bonchev–Trinajstić information content (AvgIpc) is 2.17. The van der Waals surface area contributed by atoms with E-state index >= 15 is 0 Å². The lowest BCUT2D eigenvalue weighted by Crippen LogP contribution is -2.46. The maximum Gasteiger partial charge on any atom is 0.251 e. The molecule has 0 aliphatic rings. The first-order valence-corrected chi connectivity index (χ1v) is 4.95. The van der Waals surface area contributed by atoms with E-state index in [9.17, 15) is 4.79 Å². The highest BCUT2D eigenvalue weighted by Gasteiger charge is 2.19. The molecule has 2 N–H and O–H groups in total. The number of amides is 1. The number of rotatable bonds is 3. The molecule has 0 saturated carbocycles. The van der Waals surface area contributed by atoms with E-state index in [2.05, 4.69) is 5.32 Å². The lowest BCUT2D eigenvalue weighted by atomic mass is 10.1. The molecule has 0 aliphatic heterocycles. The molecule has 82 valence electrons. The van der Waals surface area contributed by atoms with E-state index in [1.807, 2.05) is 25.1 Å². The standard InChI is InChI=1S/C12H17NO2/c1-9-5-4-6-10(7-9)11(15)13-12(2,3)8-14/h4-7,14H,8H2,1-3H3,(H,13,15). The Labute approximate surface area is 90.1 Å². The van der Waals surface area contributed by atoms with Crippen molar-refractivity contribution in [2.24, 2.45) is 0 Å². The fraction of sp³-hybridized carbons (Fsp3) is 0.417. The van der Waals surface area contributed by atoms with Crippen LogP contribution in [0.1, 0.15) is 29.8 Å². The van der Waals surface area contributed by atoms with Crippen LogP contribution >= 0.6 is 0 Å². The first-order chi connectivity index (χ1) is 6.94. The van der Waals surface area contributed by atoms with Crippen LogP contribution in [0.15, 0.2) is 24.3 Å². The molecule has 0 aliphatic carbocycles. The second-order valence-corrected chi connectivity index (χ2v) is 4.37. The number of benzene rings is 1. The van der Waals surface area contributed by atoms with Crippen LogP contribution < -0.4 is 5.32 Å². The number of carbonyl (C=O) groups excluding carboxylic acids is 1. The van der Waals surface area contributed by atoms with Gasteiger partial charge in [0.05, 0.1) is 12.1 Å².